The SMILES string of the molecule is C=C1C(=O)O[C@H]2C[C@]3(C)CCC=C(C)[C@@H]3C[C@@H]12. The molecule has 0 aromatic heterocycles. The van der Waals surface area contributed by atoms with Gasteiger partial charge in [-0.15, -0.1) is 0 Å². The van der Waals surface area contributed by atoms with Gasteiger partial charge in [-0.1, -0.05) is 25.2 Å². The fourth-order valence-electron chi connectivity index (χ4n) is 4.07. The first kappa shape index (κ1) is 11.1. The van der Waals surface area contributed by atoms with Crippen molar-refractivity contribution in [2.45, 2.75) is 45.6 Å². The first-order chi connectivity index (χ1) is 8.01. The molecule has 1 heterocycles. The predicted molar refractivity (Wildman–Crippen MR) is 66.3 cm³/mol. The Morgan fingerprint density at radius 2 is 2.29 bits per heavy atom. The van der Waals surface area contributed by atoms with E-state index in [0.717, 1.165) is 12.8 Å². The Bertz CT molecular complexity index is 421. The van der Waals surface area contributed by atoms with Crippen LogP contribution in [-0.2, 0) is 9.53 Å². The maximum absolute atomic E-state index is 11.6. The third-order valence-corrected chi connectivity index (χ3v) is 5.15. The summed E-state index contributed by atoms with van der Waals surface area (Å²) in [6.45, 7) is 8.51. The Morgan fingerprint density at radius 1 is 1.53 bits per heavy atom. The summed E-state index contributed by atoms with van der Waals surface area (Å²) in [5.74, 6) is 0.717. The van der Waals surface area contributed by atoms with Crippen LogP contribution in [0.2, 0.25) is 0 Å². The van der Waals surface area contributed by atoms with Crippen molar-refractivity contribution in [2.24, 2.45) is 17.3 Å². The molecule has 3 rings (SSSR count). The first-order valence-electron chi connectivity index (χ1n) is 6.58. The lowest BCUT2D eigenvalue weighted by Gasteiger charge is -2.48. The number of hydrogen-bond acceptors (Lipinski definition) is 2. The van der Waals surface area contributed by atoms with Crippen molar-refractivity contribution < 1.29 is 9.53 Å². The van der Waals surface area contributed by atoms with Gasteiger partial charge in [0, 0.05) is 11.5 Å². The van der Waals surface area contributed by atoms with Gasteiger partial charge in [-0.2, -0.15) is 0 Å². The molecule has 0 N–H and O–H groups in total. The number of rotatable bonds is 0. The van der Waals surface area contributed by atoms with Gasteiger partial charge in [0.2, 0.25) is 0 Å². The number of esters is 1. The minimum atomic E-state index is -0.163. The van der Waals surface area contributed by atoms with Crippen LogP contribution in [0, 0.1) is 17.3 Å². The summed E-state index contributed by atoms with van der Waals surface area (Å²) in [6, 6.07) is 0. The molecule has 2 aliphatic carbocycles. The summed E-state index contributed by atoms with van der Waals surface area (Å²) in [7, 11) is 0. The molecule has 3 aliphatic rings. The van der Waals surface area contributed by atoms with Crippen molar-refractivity contribution in [3.05, 3.63) is 23.8 Å². The molecular weight excluding hydrogens is 212 g/mol. The zero-order chi connectivity index (χ0) is 12.2. The van der Waals surface area contributed by atoms with Crippen LogP contribution in [0.5, 0.6) is 0 Å². The second-order valence-electron chi connectivity index (χ2n) is 6.21. The first-order valence-corrected chi connectivity index (χ1v) is 6.58. The highest BCUT2D eigenvalue weighted by Gasteiger charge is 2.51. The van der Waals surface area contributed by atoms with Crippen LogP contribution < -0.4 is 0 Å². The number of carbonyl (C=O) groups excluding carboxylic acids is 1. The second-order valence-corrected chi connectivity index (χ2v) is 6.21. The van der Waals surface area contributed by atoms with Gasteiger partial charge < -0.3 is 4.74 Å². The highest BCUT2D eigenvalue weighted by atomic mass is 16.6. The quantitative estimate of drug-likeness (QED) is 0.364. The Kier molecular flexibility index (Phi) is 2.26. The molecule has 0 spiro atoms. The smallest absolute Gasteiger partial charge is 0.334 e. The zero-order valence-electron chi connectivity index (χ0n) is 10.7. The molecule has 2 fully saturated rings. The van der Waals surface area contributed by atoms with Gasteiger partial charge in [0.05, 0.1) is 0 Å². The van der Waals surface area contributed by atoms with Gasteiger partial charge in [-0.3, -0.25) is 0 Å². The zero-order valence-corrected chi connectivity index (χ0v) is 10.7. The maximum Gasteiger partial charge on any atom is 0.334 e. The number of allylic oxidation sites excluding steroid dienone is 2. The molecule has 0 bridgehead atoms. The van der Waals surface area contributed by atoms with Crippen molar-refractivity contribution in [3.63, 3.8) is 0 Å². The average molecular weight is 232 g/mol. The van der Waals surface area contributed by atoms with E-state index in [0.29, 0.717) is 16.9 Å². The lowest BCUT2D eigenvalue weighted by molar-refractivity contribution is -0.142. The van der Waals surface area contributed by atoms with Crippen LogP contribution in [0.25, 0.3) is 0 Å². The Balaban J connectivity index is 1.93. The normalized spacial score (nSPS) is 44.8. The summed E-state index contributed by atoms with van der Waals surface area (Å²) < 4.78 is 5.47. The molecule has 1 aliphatic heterocycles. The van der Waals surface area contributed by atoms with E-state index >= 15 is 0 Å². The van der Waals surface area contributed by atoms with E-state index < -0.39 is 0 Å². The van der Waals surface area contributed by atoms with Crippen molar-refractivity contribution >= 4 is 5.97 Å². The lowest BCUT2D eigenvalue weighted by atomic mass is 9.57. The molecule has 1 saturated carbocycles. The van der Waals surface area contributed by atoms with E-state index in [2.05, 4.69) is 26.5 Å². The van der Waals surface area contributed by atoms with E-state index in [1.807, 2.05) is 0 Å². The molecule has 0 aromatic rings. The van der Waals surface area contributed by atoms with Crippen LogP contribution in [0.15, 0.2) is 23.8 Å². The van der Waals surface area contributed by atoms with Crippen LogP contribution in [0.4, 0.5) is 0 Å². The molecule has 1 saturated heterocycles. The topological polar surface area (TPSA) is 26.3 Å². The van der Waals surface area contributed by atoms with Crippen LogP contribution in [0.3, 0.4) is 0 Å². The van der Waals surface area contributed by atoms with Gasteiger partial charge in [-0.05, 0) is 43.9 Å². The lowest BCUT2D eigenvalue weighted by Crippen LogP contribution is -2.42. The van der Waals surface area contributed by atoms with E-state index in [4.69, 9.17) is 4.74 Å². The van der Waals surface area contributed by atoms with Gasteiger partial charge >= 0.3 is 5.97 Å². The van der Waals surface area contributed by atoms with Crippen molar-refractivity contribution in [1.29, 1.82) is 0 Å². The molecule has 0 radical (unpaired) electrons. The van der Waals surface area contributed by atoms with Crippen LogP contribution >= 0.6 is 0 Å². The summed E-state index contributed by atoms with van der Waals surface area (Å²) >= 11 is 0. The Labute approximate surface area is 103 Å². The van der Waals surface area contributed by atoms with E-state index in [9.17, 15) is 4.79 Å². The predicted octanol–water partition coefficient (Wildman–Crippen LogP) is 3.24. The molecule has 0 amide bonds. The van der Waals surface area contributed by atoms with Crippen molar-refractivity contribution in [1.82, 2.24) is 0 Å². The second kappa shape index (κ2) is 3.47. The number of hydrogen-bond donors (Lipinski definition) is 0. The van der Waals surface area contributed by atoms with Gasteiger partial charge in [0.25, 0.3) is 0 Å². The van der Waals surface area contributed by atoms with E-state index in [1.54, 1.807) is 0 Å². The van der Waals surface area contributed by atoms with Crippen LogP contribution in [-0.4, -0.2) is 12.1 Å². The minimum Gasteiger partial charge on any atom is -0.458 e. The van der Waals surface area contributed by atoms with Gasteiger partial charge in [0.15, 0.2) is 0 Å². The fraction of sp³-hybridized carbons (Fsp3) is 0.667. The van der Waals surface area contributed by atoms with E-state index in [-0.39, 0.29) is 18.0 Å². The molecular formula is C15H20O2. The van der Waals surface area contributed by atoms with E-state index in [1.165, 1.54) is 18.4 Å². The summed E-state index contributed by atoms with van der Waals surface area (Å²) in [4.78, 5) is 11.6. The highest BCUT2D eigenvalue weighted by Crippen LogP contribution is 2.55. The third-order valence-electron chi connectivity index (χ3n) is 5.15. The molecule has 92 valence electrons. The van der Waals surface area contributed by atoms with Crippen LogP contribution in [0.1, 0.15) is 39.5 Å². The molecule has 0 unspecified atom stereocenters. The van der Waals surface area contributed by atoms with Crippen molar-refractivity contribution in [3.8, 4) is 0 Å². The van der Waals surface area contributed by atoms with Gasteiger partial charge in [0.1, 0.15) is 6.10 Å². The third kappa shape index (κ3) is 1.50. The Hall–Kier alpha value is -1.05. The minimum absolute atomic E-state index is 0.0992. The molecule has 2 nitrogen and oxygen atoms in total. The number of fused-ring (bicyclic) bond motifs is 2. The summed E-state index contributed by atoms with van der Waals surface area (Å²) in [6.07, 6.45) is 6.93. The monoisotopic (exact) mass is 232 g/mol. The highest BCUT2D eigenvalue weighted by molar-refractivity contribution is 5.90. The number of ether oxygens (including phenoxy) is 1. The molecule has 4 atom stereocenters. The number of carbonyl (C=O) groups is 1. The standard InChI is InChI=1S/C15H20O2/c1-9-5-4-6-15(3)8-13-11(7-12(9)15)10(2)14(16)17-13/h5,11-13H,2,4,6-8H2,1,3H3/t11-,12-,13-,15-/m0/s1. The average Bonchev–Trinajstić information content (AvgIpc) is 2.52. The largest absolute Gasteiger partial charge is 0.458 e. The molecule has 0 aromatic carbocycles. The fourth-order valence-corrected chi connectivity index (χ4v) is 4.07. The van der Waals surface area contributed by atoms with Crippen molar-refractivity contribution in [2.75, 3.05) is 0 Å². The molecule has 2 heteroatoms. The summed E-state index contributed by atoms with van der Waals surface area (Å²) in [5, 5.41) is 0. The maximum atomic E-state index is 11.6. The van der Waals surface area contributed by atoms with Gasteiger partial charge in [-0.25, -0.2) is 4.79 Å². The Morgan fingerprint density at radius 3 is 3.06 bits per heavy atom. The molecule has 17 heavy (non-hydrogen) atoms. The summed E-state index contributed by atoms with van der Waals surface area (Å²) in [5.41, 5.74) is 2.53.